The fraction of sp³-hybridized carbons (Fsp3) is 0.333. The maximum atomic E-state index is 10.5. The molecule has 4 atom stereocenters. The molecule has 0 spiro atoms. The number of benzene rings is 2. The van der Waals surface area contributed by atoms with Crippen molar-refractivity contribution in [1.82, 2.24) is 0 Å². The molecule has 0 aliphatic carbocycles. The van der Waals surface area contributed by atoms with Crippen LogP contribution < -0.4 is 0 Å². The molecule has 0 radical (unpaired) electrons. The van der Waals surface area contributed by atoms with E-state index in [1.54, 1.807) is 0 Å². The van der Waals surface area contributed by atoms with Crippen LogP contribution in [0.15, 0.2) is 60.7 Å². The molecular weight excluding hydrogens is 311 g/mol. The predicted octanol–water partition coefficient (Wildman–Crippen LogP) is 3.57. The normalized spacial score (nSPS) is 30.1. The molecule has 0 bridgehead atoms. The van der Waals surface area contributed by atoms with Gasteiger partial charge in [-0.25, -0.2) is 0 Å². The summed E-state index contributed by atoms with van der Waals surface area (Å²) in [7, 11) is 0. The van der Waals surface area contributed by atoms with Crippen molar-refractivity contribution in [1.29, 1.82) is 0 Å². The van der Waals surface area contributed by atoms with E-state index in [-0.39, 0.29) is 6.10 Å². The average Bonchev–Trinajstić information content (AvgIpc) is 2.51. The molecule has 3 rings (SSSR count). The van der Waals surface area contributed by atoms with Crippen LogP contribution >= 0.6 is 0 Å². The second-order valence-electron chi connectivity index (χ2n) is 5.53. The van der Waals surface area contributed by atoms with Crippen LogP contribution in [0.25, 0.3) is 0 Å². The first-order valence-corrected chi connectivity index (χ1v) is 9.17. The van der Waals surface area contributed by atoms with E-state index in [1.165, 1.54) is 11.1 Å². The summed E-state index contributed by atoms with van der Waals surface area (Å²) in [5.41, 5.74) is 2.78. The quantitative estimate of drug-likeness (QED) is 0.834. The van der Waals surface area contributed by atoms with Crippen molar-refractivity contribution in [2.45, 2.75) is 29.1 Å². The van der Waals surface area contributed by atoms with Crippen LogP contribution in [0.4, 0.5) is 0 Å². The number of aliphatic hydroxyl groups excluding tert-OH is 1. The Kier molecular flexibility index (Phi) is 4.26. The summed E-state index contributed by atoms with van der Waals surface area (Å²) in [6, 6.07) is 21.4. The number of hydrogen-bond donors (Lipinski definition) is 1. The molecular formula is C18H20OSe. The standard InChI is InChI=1S/C18H20OSe/c1-13-16(19)12-17(14-8-4-2-5-9-14)20-18(13)15-10-6-3-7-11-15/h2-11,13,16-19H,12H2,1H3/t13-,16+,17+,18-/m1/s1. The molecule has 0 unspecified atom stereocenters. The Balaban J connectivity index is 1.87. The van der Waals surface area contributed by atoms with E-state index in [2.05, 4.69) is 67.6 Å². The summed E-state index contributed by atoms with van der Waals surface area (Å²) in [4.78, 5) is 1.04. The number of hydrogen-bond acceptors (Lipinski definition) is 1. The van der Waals surface area contributed by atoms with Crippen LogP contribution in [0, 0.1) is 5.92 Å². The Labute approximate surface area is 127 Å². The monoisotopic (exact) mass is 332 g/mol. The van der Waals surface area contributed by atoms with E-state index < -0.39 is 0 Å². The van der Waals surface area contributed by atoms with Gasteiger partial charge in [-0.1, -0.05) is 0 Å². The van der Waals surface area contributed by atoms with Crippen molar-refractivity contribution in [2.24, 2.45) is 5.92 Å². The summed E-state index contributed by atoms with van der Waals surface area (Å²) in [5.74, 6) is 0.359. The van der Waals surface area contributed by atoms with Gasteiger partial charge in [0, 0.05) is 0 Å². The molecule has 1 aliphatic rings. The van der Waals surface area contributed by atoms with Crippen LogP contribution in [0.2, 0.25) is 0 Å². The zero-order valence-electron chi connectivity index (χ0n) is 11.6. The Morgan fingerprint density at radius 1 is 0.900 bits per heavy atom. The van der Waals surface area contributed by atoms with Gasteiger partial charge in [0.2, 0.25) is 0 Å². The Hall–Kier alpha value is -1.08. The van der Waals surface area contributed by atoms with Gasteiger partial charge in [0.05, 0.1) is 0 Å². The summed E-state index contributed by atoms with van der Waals surface area (Å²) < 4.78 is 0. The molecule has 1 nitrogen and oxygen atoms in total. The summed E-state index contributed by atoms with van der Waals surface area (Å²) in [5, 5.41) is 10.5. The van der Waals surface area contributed by atoms with Crippen LogP contribution in [0.1, 0.15) is 34.1 Å². The third-order valence-corrected chi connectivity index (χ3v) is 7.90. The van der Waals surface area contributed by atoms with Gasteiger partial charge in [-0.15, -0.1) is 0 Å². The first kappa shape index (κ1) is 13.9. The van der Waals surface area contributed by atoms with Crippen molar-refractivity contribution in [3.05, 3.63) is 71.8 Å². The third-order valence-electron chi connectivity index (χ3n) is 4.15. The van der Waals surface area contributed by atoms with E-state index in [0.717, 1.165) is 6.42 Å². The molecule has 1 saturated heterocycles. The molecule has 104 valence electrons. The predicted molar refractivity (Wildman–Crippen MR) is 83.9 cm³/mol. The average molecular weight is 331 g/mol. The van der Waals surface area contributed by atoms with E-state index in [1.807, 2.05) is 0 Å². The van der Waals surface area contributed by atoms with E-state index in [9.17, 15) is 5.11 Å². The second-order valence-corrected chi connectivity index (χ2v) is 8.36. The molecule has 2 aromatic rings. The van der Waals surface area contributed by atoms with E-state index in [0.29, 0.717) is 30.5 Å². The first-order valence-electron chi connectivity index (χ1n) is 7.19. The molecule has 1 aliphatic heterocycles. The minimum absolute atomic E-state index is 0.193. The van der Waals surface area contributed by atoms with Gasteiger partial charge in [0.15, 0.2) is 0 Å². The molecule has 0 aromatic heterocycles. The van der Waals surface area contributed by atoms with Crippen molar-refractivity contribution in [3.8, 4) is 0 Å². The van der Waals surface area contributed by atoms with Gasteiger partial charge in [0.25, 0.3) is 0 Å². The van der Waals surface area contributed by atoms with Crippen LogP contribution in [-0.4, -0.2) is 26.2 Å². The SMILES string of the molecule is C[C@@H]1[C@@H](O)C[C@@H](c2ccccc2)[Se][C@H]1c1ccccc1. The fourth-order valence-electron chi connectivity index (χ4n) is 2.90. The van der Waals surface area contributed by atoms with Gasteiger partial charge >= 0.3 is 127 Å². The second kappa shape index (κ2) is 6.13. The zero-order valence-corrected chi connectivity index (χ0v) is 13.4. The fourth-order valence-corrected chi connectivity index (χ4v) is 6.51. The molecule has 1 heterocycles. The minimum atomic E-state index is -0.193. The molecule has 2 aromatic carbocycles. The van der Waals surface area contributed by atoms with Crippen molar-refractivity contribution < 1.29 is 5.11 Å². The van der Waals surface area contributed by atoms with Gasteiger partial charge in [-0.2, -0.15) is 0 Å². The van der Waals surface area contributed by atoms with Crippen molar-refractivity contribution >= 4 is 15.0 Å². The molecule has 20 heavy (non-hydrogen) atoms. The van der Waals surface area contributed by atoms with Gasteiger partial charge < -0.3 is 0 Å². The molecule has 0 amide bonds. The first-order chi connectivity index (χ1) is 9.75. The van der Waals surface area contributed by atoms with Gasteiger partial charge in [-0.3, -0.25) is 0 Å². The van der Waals surface area contributed by atoms with E-state index >= 15 is 0 Å². The molecule has 1 fully saturated rings. The summed E-state index contributed by atoms with van der Waals surface area (Å²) in [6.07, 6.45) is 0.718. The summed E-state index contributed by atoms with van der Waals surface area (Å²) >= 11 is 0.487. The van der Waals surface area contributed by atoms with E-state index in [4.69, 9.17) is 0 Å². The van der Waals surface area contributed by atoms with Crippen molar-refractivity contribution in [3.63, 3.8) is 0 Å². The molecule has 1 N–H and O–H groups in total. The van der Waals surface area contributed by atoms with Crippen molar-refractivity contribution in [2.75, 3.05) is 0 Å². The Morgan fingerprint density at radius 3 is 2.05 bits per heavy atom. The summed E-state index contributed by atoms with van der Waals surface area (Å²) in [6.45, 7) is 2.20. The van der Waals surface area contributed by atoms with Crippen LogP contribution in [0.5, 0.6) is 0 Å². The zero-order chi connectivity index (χ0) is 13.9. The number of aliphatic hydroxyl groups is 1. The van der Waals surface area contributed by atoms with Crippen LogP contribution in [-0.2, 0) is 0 Å². The topological polar surface area (TPSA) is 20.2 Å². The van der Waals surface area contributed by atoms with Gasteiger partial charge in [0.1, 0.15) is 0 Å². The van der Waals surface area contributed by atoms with Gasteiger partial charge in [-0.05, 0) is 0 Å². The Bertz CT molecular complexity index is 540. The third kappa shape index (κ3) is 2.83. The molecule has 2 heteroatoms. The number of rotatable bonds is 2. The van der Waals surface area contributed by atoms with Crippen LogP contribution in [0.3, 0.4) is 0 Å². The Morgan fingerprint density at radius 2 is 1.45 bits per heavy atom. The molecule has 0 saturated carbocycles. The maximum absolute atomic E-state index is 10.5.